The van der Waals surface area contributed by atoms with Gasteiger partial charge >= 0.3 is 0 Å². The quantitative estimate of drug-likeness (QED) is 0.851. The van der Waals surface area contributed by atoms with E-state index in [0.29, 0.717) is 0 Å². The molecule has 3 rings (SSSR count). The van der Waals surface area contributed by atoms with Gasteiger partial charge in [-0.15, -0.1) is 0 Å². The van der Waals surface area contributed by atoms with Gasteiger partial charge in [0.2, 0.25) is 0 Å². The normalized spacial score (nSPS) is 23.7. The van der Waals surface area contributed by atoms with Gasteiger partial charge in [-0.3, -0.25) is 0 Å². The van der Waals surface area contributed by atoms with E-state index in [9.17, 15) is 0 Å². The van der Waals surface area contributed by atoms with E-state index in [0.717, 1.165) is 30.7 Å². The fourth-order valence-corrected chi connectivity index (χ4v) is 2.86. The van der Waals surface area contributed by atoms with Crippen LogP contribution in [0.3, 0.4) is 0 Å². The maximum Gasteiger partial charge on any atom is 0.140 e. The van der Waals surface area contributed by atoms with Crippen molar-refractivity contribution in [2.45, 2.75) is 64.5 Å². The molecule has 1 fully saturated rings. The Kier molecular flexibility index (Phi) is 3.19. The van der Waals surface area contributed by atoms with Crippen molar-refractivity contribution in [3.05, 3.63) is 17.0 Å². The van der Waals surface area contributed by atoms with Gasteiger partial charge in [0, 0.05) is 24.6 Å². The molecule has 0 aliphatic heterocycles. The third-order valence-electron chi connectivity index (χ3n) is 4.06. The van der Waals surface area contributed by atoms with Crippen LogP contribution in [0.15, 0.2) is 4.52 Å². The number of aromatic nitrogens is 1. The molecule has 0 bridgehead atoms. The van der Waals surface area contributed by atoms with Crippen LogP contribution in [-0.4, -0.2) is 11.2 Å². The number of aryl methyl sites for hydroxylation is 1. The summed E-state index contributed by atoms with van der Waals surface area (Å²) in [5.41, 5.74) is 2.59. The van der Waals surface area contributed by atoms with Gasteiger partial charge in [-0.1, -0.05) is 24.9 Å². The largest absolute Gasteiger partial charge is 0.361 e. The summed E-state index contributed by atoms with van der Waals surface area (Å²) in [6.45, 7) is 3.18. The lowest BCUT2D eigenvalue weighted by Gasteiger charge is -2.20. The Hall–Kier alpha value is -0.830. The second kappa shape index (κ2) is 4.81. The fraction of sp³-hybridized carbons (Fsp3) is 0.786. The first kappa shape index (κ1) is 11.3. The van der Waals surface area contributed by atoms with Gasteiger partial charge < -0.3 is 9.84 Å². The predicted octanol–water partition coefficient (Wildman–Crippen LogP) is 2.83. The van der Waals surface area contributed by atoms with Crippen molar-refractivity contribution in [3.8, 4) is 0 Å². The molecule has 2 aliphatic rings. The van der Waals surface area contributed by atoms with E-state index in [1.165, 1.54) is 49.8 Å². The molecule has 1 saturated carbocycles. The SMILES string of the molecule is CCCC1CCc2onc(CNC3CC3)c2C1. The molecule has 1 unspecified atom stereocenters. The van der Waals surface area contributed by atoms with Crippen molar-refractivity contribution in [3.63, 3.8) is 0 Å². The highest BCUT2D eigenvalue weighted by Crippen LogP contribution is 2.31. The molecule has 3 nitrogen and oxygen atoms in total. The van der Waals surface area contributed by atoms with Crippen LogP contribution in [0.4, 0.5) is 0 Å². The van der Waals surface area contributed by atoms with E-state index in [2.05, 4.69) is 17.4 Å². The van der Waals surface area contributed by atoms with Crippen molar-refractivity contribution in [2.75, 3.05) is 0 Å². The second-order valence-corrected chi connectivity index (χ2v) is 5.58. The van der Waals surface area contributed by atoms with Gasteiger partial charge in [0.15, 0.2) is 0 Å². The molecule has 0 radical (unpaired) electrons. The molecule has 94 valence electrons. The van der Waals surface area contributed by atoms with Crippen molar-refractivity contribution in [1.82, 2.24) is 10.5 Å². The summed E-state index contributed by atoms with van der Waals surface area (Å²) in [6.07, 6.45) is 8.87. The van der Waals surface area contributed by atoms with Crippen LogP contribution in [0, 0.1) is 5.92 Å². The molecule has 1 atom stereocenters. The van der Waals surface area contributed by atoms with Crippen LogP contribution in [0.2, 0.25) is 0 Å². The highest BCUT2D eigenvalue weighted by molar-refractivity contribution is 5.26. The van der Waals surface area contributed by atoms with Crippen LogP contribution in [0.1, 0.15) is 56.0 Å². The van der Waals surface area contributed by atoms with Crippen LogP contribution in [-0.2, 0) is 19.4 Å². The standard InChI is InChI=1S/C14H22N2O/c1-2-3-10-4-7-14-12(8-10)13(16-17-14)9-15-11-5-6-11/h10-11,15H,2-9H2,1H3. The molecule has 0 amide bonds. The summed E-state index contributed by atoms with van der Waals surface area (Å²) in [7, 11) is 0. The Bertz CT molecular complexity index is 382. The first-order valence-electron chi connectivity index (χ1n) is 7.06. The monoisotopic (exact) mass is 234 g/mol. The predicted molar refractivity (Wildman–Crippen MR) is 66.8 cm³/mol. The number of fused-ring (bicyclic) bond motifs is 1. The van der Waals surface area contributed by atoms with Crippen LogP contribution in [0.5, 0.6) is 0 Å². The Labute approximate surface area is 103 Å². The zero-order valence-electron chi connectivity index (χ0n) is 10.7. The maximum absolute atomic E-state index is 5.48. The Morgan fingerprint density at radius 2 is 2.24 bits per heavy atom. The first-order chi connectivity index (χ1) is 8.36. The fourth-order valence-electron chi connectivity index (χ4n) is 2.86. The molecule has 1 heterocycles. The van der Waals surface area contributed by atoms with Gasteiger partial charge in [-0.2, -0.15) is 0 Å². The second-order valence-electron chi connectivity index (χ2n) is 5.58. The molecule has 0 saturated heterocycles. The highest BCUT2D eigenvalue weighted by Gasteiger charge is 2.26. The van der Waals surface area contributed by atoms with Gasteiger partial charge in [0.25, 0.3) is 0 Å². The van der Waals surface area contributed by atoms with E-state index < -0.39 is 0 Å². The number of nitrogens with zero attached hydrogens (tertiary/aromatic N) is 1. The molecule has 0 spiro atoms. The summed E-state index contributed by atoms with van der Waals surface area (Å²) < 4.78 is 5.48. The van der Waals surface area contributed by atoms with E-state index >= 15 is 0 Å². The van der Waals surface area contributed by atoms with E-state index in [4.69, 9.17) is 4.52 Å². The minimum absolute atomic E-state index is 0.748. The average molecular weight is 234 g/mol. The van der Waals surface area contributed by atoms with Crippen molar-refractivity contribution < 1.29 is 4.52 Å². The summed E-state index contributed by atoms with van der Waals surface area (Å²) in [5.74, 6) is 2.01. The lowest BCUT2D eigenvalue weighted by Crippen LogP contribution is -2.19. The maximum atomic E-state index is 5.48. The molecule has 2 aliphatic carbocycles. The van der Waals surface area contributed by atoms with Gasteiger partial charge in [0.1, 0.15) is 11.5 Å². The number of nitrogens with one attached hydrogen (secondary N) is 1. The Balaban J connectivity index is 1.66. The summed E-state index contributed by atoms with van der Waals surface area (Å²) in [4.78, 5) is 0. The summed E-state index contributed by atoms with van der Waals surface area (Å²) in [5, 5.41) is 7.79. The molecule has 1 N–H and O–H groups in total. The van der Waals surface area contributed by atoms with Crippen molar-refractivity contribution >= 4 is 0 Å². The molecule has 17 heavy (non-hydrogen) atoms. The molecule has 3 heteroatoms. The lowest BCUT2D eigenvalue weighted by molar-refractivity contribution is 0.339. The minimum atomic E-state index is 0.748. The zero-order chi connectivity index (χ0) is 11.7. The summed E-state index contributed by atoms with van der Waals surface area (Å²) >= 11 is 0. The number of rotatable bonds is 5. The van der Waals surface area contributed by atoms with Crippen LogP contribution >= 0.6 is 0 Å². The van der Waals surface area contributed by atoms with E-state index in [-0.39, 0.29) is 0 Å². The third-order valence-corrected chi connectivity index (χ3v) is 4.06. The molecule has 1 aromatic rings. The molecular formula is C14H22N2O. The van der Waals surface area contributed by atoms with Gasteiger partial charge in [-0.25, -0.2) is 0 Å². The van der Waals surface area contributed by atoms with Gasteiger partial charge in [-0.05, 0) is 31.6 Å². The summed E-state index contributed by atoms with van der Waals surface area (Å²) in [6, 6.07) is 0.748. The first-order valence-corrected chi connectivity index (χ1v) is 7.06. The van der Waals surface area contributed by atoms with Crippen LogP contribution < -0.4 is 5.32 Å². The van der Waals surface area contributed by atoms with Crippen molar-refractivity contribution in [1.29, 1.82) is 0 Å². The topological polar surface area (TPSA) is 38.1 Å². The highest BCUT2D eigenvalue weighted by atomic mass is 16.5. The average Bonchev–Trinajstić information content (AvgIpc) is 3.08. The van der Waals surface area contributed by atoms with E-state index in [1.54, 1.807) is 0 Å². The smallest absolute Gasteiger partial charge is 0.140 e. The number of hydrogen-bond donors (Lipinski definition) is 1. The van der Waals surface area contributed by atoms with E-state index in [1.807, 2.05) is 0 Å². The molecule has 0 aromatic carbocycles. The van der Waals surface area contributed by atoms with Gasteiger partial charge in [0.05, 0.1) is 0 Å². The lowest BCUT2D eigenvalue weighted by atomic mass is 9.84. The third kappa shape index (κ3) is 2.54. The number of hydrogen-bond acceptors (Lipinski definition) is 3. The van der Waals surface area contributed by atoms with Crippen molar-refractivity contribution in [2.24, 2.45) is 5.92 Å². The zero-order valence-corrected chi connectivity index (χ0v) is 10.7. The Morgan fingerprint density at radius 3 is 3.00 bits per heavy atom. The molecule has 1 aromatic heterocycles. The van der Waals surface area contributed by atoms with Crippen LogP contribution in [0.25, 0.3) is 0 Å². The molecular weight excluding hydrogens is 212 g/mol. The Morgan fingerprint density at radius 1 is 1.35 bits per heavy atom. The minimum Gasteiger partial charge on any atom is -0.361 e.